The zero-order valence-electron chi connectivity index (χ0n) is 14.9. The van der Waals surface area contributed by atoms with Crippen LogP contribution in [0.2, 0.25) is 0 Å². The van der Waals surface area contributed by atoms with Crippen LogP contribution in [-0.2, 0) is 12.8 Å². The summed E-state index contributed by atoms with van der Waals surface area (Å²) in [5, 5.41) is 0. The van der Waals surface area contributed by atoms with Crippen LogP contribution >= 0.6 is 0 Å². The minimum absolute atomic E-state index is 0.862. The molecule has 0 saturated heterocycles. The number of nitrogens with zero attached hydrogens (tertiary/aromatic N) is 3. The van der Waals surface area contributed by atoms with Crippen LogP contribution in [0.4, 0.5) is 0 Å². The van der Waals surface area contributed by atoms with Gasteiger partial charge in [-0.25, -0.2) is 4.98 Å². The Morgan fingerprint density at radius 3 is 1.38 bits per heavy atom. The molecule has 0 saturated carbocycles. The molecule has 3 heterocycles. The molecule has 0 aliphatic carbocycles. The normalized spacial score (nSPS) is 10.5. The fourth-order valence-electron chi connectivity index (χ4n) is 2.74. The van der Waals surface area contributed by atoms with Gasteiger partial charge in [0.05, 0.1) is 22.8 Å². The van der Waals surface area contributed by atoms with Gasteiger partial charge in [-0.05, 0) is 62.1 Å². The molecule has 0 bridgehead atoms. The number of pyridine rings is 3. The average molecular weight is 341 g/mol. The van der Waals surface area contributed by atoms with E-state index >= 15 is 0 Å². The van der Waals surface area contributed by atoms with Crippen molar-refractivity contribution in [3.63, 3.8) is 0 Å². The molecule has 3 nitrogen and oxygen atoms in total. The van der Waals surface area contributed by atoms with Crippen LogP contribution in [0.15, 0.2) is 79.9 Å². The van der Waals surface area contributed by atoms with Gasteiger partial charge in [0.15, 0.2) is 0 Å². The second kappa shape index (κ2) is 8.86. The minimum Gasteiger partial charge on any atom is -0.251 e. The van der Waals surface area contributed by atoms with Gasteiger partial charge in [0.25, 0.3) is 0 Å². The standard InChI is InChI=1S/C23H23N3/c1-3-5-10-18-12-7-14-20(24-18)22-16-9-17-23(26-22)21-15-8-13-19(25-21)11-6-4-2/h3-4,7-9,12-17H,1-2,5-6,10-11H2. The zero-order chi connectivity index (χ0) is 18.2. The molecule has 0 atom stereocenters. The van der Waals surface area contributed by atoms with Crippen molar-refractivity contribution in [2.24, 2.45) is 0 Å². The summed E-state index contributed by atoms with van der Waals surface area (Å²) in [7, 11) is 0. The number of hydrogen-bond donors (Lipinski definition) is 0. The Kier molecular flexibility index (Phi) is 6.05. The lowest BCUT2D eigenvalue weighted by atomic mass is 10.1. The molecule has 0 unspecified atom stereocenters. The highest BCUT2D eigenvalue weighted by Gasteiger charge is 2.07. The molecule has 0 spiro atoms. The van der Waals surface area contributed by atoms with Crippen LogP contribution in [-0.4, -0.2) is 15.0 Å². The molecule has 3 aromatic heterocycles. The summed E-state index contributed by atoms with van der Waals surface area (Å²) in [6.07, 6.45) is 7.46. The summed E-state index contributed by atoms with van der Waals surface area (Å²) in [4.78, 5) is 14.3. The van der Waals surface area contributed by atoms with Crippen molar-refractivity contribution in [2.75, 3.05) is 0 Å². The highest BCUT2D eigenvalue weighted by molar-refractivity contribution is 5.61. The van der Waals surface area contributed by atoms with Crippen LogP contribution in [0.25, 0.3) is 22.8 Å². The number of aromatic nitrogens is 3. The quantitative estimate of drug-likeness (QED) is 0.512. The van der Waals surface area contributed by atoms with Gasteiger partial charge in [0.1, 0.15) is 0 Å². The molecule has 0 fully saturated rings. The lowest BCUT2D eigenvalue weighted by Crippen LogP contribution is -1.96. The zero-order valence-corrected chi connectivity index (χ0v) is 14.9. The fraction of sp³-hybridized carbons (Fsp3) is 0.174. The number of allylic oxidation sites excluding steroid dienone is 2. The van der Waals surface area contributed by atoms with E-state index in [1.165, 1.54) is 0 Å². The van der Waals surface area contributed by atoms with Crippen molar-refractivity contribution in [3.05, 3.63) is 91.3 Å². The molecule has 0 radical (unpaired) electrons. The number of rotatable bonds is 8. The smallest absolute Gasteiger partial charge is 0.0894 e. The van der Waals surface area contributed by atoms with Crippen molar-refractivity contribution in [1.82, 2.24) is 15.0 Å². The second-order valence-corrected chi connectivity index (χ2v) is 6.09. The number of hydrogen-bond acceptors (Lipinski definition) is 3. The molecule has 26 heavy (non-hydrogen) atoms. The van der Waals surface area contributed by atoms with Crippen LogP contribution in [0.3, 0.4) is 0 Å². The van der Waals surface area contributed by atoms with E-state index in [1.54, 1.807) is 0 Å². The van der Waals surface area contributed by atoms with Gasteiger partial charge in [-0.3, -0.25) is 9.97 Å². The van der Waals surface area contributed by atoms with Crippen LogP contribution < -0.4 is 0 Å². The van der Waals surface area contributed by atoms with Crippen LogP contribution in [0.5, 0.6) is 0 Å². The summed E-state index contributed by atoms with van der Waals surface area (Å²) in [5.74, 6) is 0. The van der Waals surface area contributed by atoms with Gasteiger partial charge < -0.3 is 0 Å². The predicted molar refractivity (Wildman–Crippen MR) is 108 cm³/mol. The fourth-order valence-corrected chi connectivity index (χ4v) is 2.74. The first-order valence-corrected chi connectivity index (χ1v) is 8.91. The largest absolute Gasteiger partial charge is 0.251 e. The van der Waals surface area contributed by atoms with Gasteiger partial charge >= 0.3 is 0 Å². The summed E-state index contributed by atoms with van der Waals surface area (Å²) >= 11 is 0. The lowest BCUT2D eigenvalue weighted by molar-refractivity contribution is 0.943. The van der Waals surface area contributed by atoms with Crippen molar-refractivity contribution in [2.45, 2.75) is 25.7 Å². The van der Waals surface area contributed by atoms with E-state index in [-0.39, 0.29) is 0 Å². The second-order valence-electron chi connectivity index (χ2n) is 6.09. The van der Waals surface area contributed by atoms with E-state index in [2.05, 4.69) is 13.2 Å². The van der Waals surface area contributed by atoms with E-state index in [4.69, 9.17) is 15.0 Å². The summed E-state index contributed by atoms with van der Waals surface area (Å²) in [6.45, 7) is 7.55. The maximum absolute atomic E-state index is 4.79. The Labute approximate surface area is 155 Å². The Morgan fingerprint density at radius 1 is 0.577 bits per heavy atom. The Bertz CT molecular complexity index is 828. The maximum atomic E-state index is 4.79. The topological polar surface area (TPSA) is 38.7 Å². The molecule has 0 aliphatic rings. The Morgan fingerprint density at radius 2 is 0.962 bits per heavy atom. The van der Waals surface area contributed by atoms with Crippen molar-refractivity contribution >= 4 is 0 Å². The van der Waals surface area contributed by atoms with E-state index in [0.29, 0.717) is 0 Å². The molecule has 0 aliphatic heterocycles. The third-order valence-electron chi connectivity index (χ3n) is 4.10. The molecular formula is C23H23N3. The van der Waals surface area contributed by atoms with Crippen LogP contribution in [0.1, 0.15) is 24.2 Å². The molecule has 0 N–H and O–H groups in total. The van der Waals surface area contributed by atoms with Gasteiger partial charge in [-0.1, -0.05) is 30.4 Å². The molecule has 3 aromatic rings. The Hall–Kier alpha value is -3.07. The molecule has 3 heteroatoms. The summed E-state index contributed by atoms with van der Waals surface area (Å²) < 4.78 is 0. The highest BCUT2D eigenvalue weighted by Crippen LogP contribution is 2.21. The third kappa shape index (κ3) is 4.51. The highest BCUT2D eigenvalue weighted by atomic mass is 14.8. The predicted octanol–water partition coefficient (Wildman–Crippen LogP) is 5.44. The maximum Gasteiger partial charge on any atom is 0.0894 e. The molecule has 130 valence electrons. The van der Waals surface area contributed by atoms with Crippen molar-refractivity contribution in [1.29, 1.82) is 0 Å². The lowest BCUT2D eigenvalue weighted by Gasteiger charge is -2.07. The Balaban J connectivity index is 1.89. The third-order valence-corrected chi connectivity index (χ3v) is 4.10. The summed E-state index contributed by atoms with van der Waals surface area (Å²) in [6, 6.07) is 18.1. The molecule has 0 aromatic carbocycles. The van der Waals surface area contributed by atoms with E-state index in [1.807, 2.05) is 66.7 Å². The summed E-state index contributed by atoms with van der Waals surface area (Å²) in [5.41, 5.74) is 5.60. The first-order valence-electron chi connectivity index (χ1n) is 8.91. The number of aryl methyl sites for hydroxylation is 2. The van der Waals surface area contributed by atoms with E-state index in [0.717, 1.165) is 59.8 Å². The monoisotopic (exact) mass is 341 g/mol. The van der Waals surface area contributed by atoms with Gasteiger partial charge in [0.2, 0.25) is 0 Å². The van der Waals surface area contributed by atoms with Crippen LogP contribution in [0, 0.1) is 0 Å². The van der Waals surface area contributed by atoms with Crippen molar-refractivity contribution in [3.8, 4) is 22.8 Å². The average Bonchev–Trinajstić information content (AvgIpc) is 2.71. The SMILES string of the molecule is C=CCCc1cccc(-c2cccc(-c3cccc(CCC=C)n3)n2)n1. The molecular weight excluding hydrogens is 318 g/mol. The molecule has 0 amide bonds. The minimum atomic E-state index is 0.862. The van der Waals surface area contributed by atoms with Gasteiger partial charge in [-0.15, -0.1) is 13.2 Å². The molecule has 3 rings (SSSR count). The van der Waals surface area contributed by atoms with Crippen molar-refractivity contribution < 1.29 is 0 Å². The van der Waals surface area contributed by atoms with E-state index in [9.17, 15) is 0 Å². The van der Waals surface area contributed by atoms with Gasteiger partial charge in [-0.2, -0.15) is 0 Å². The van der Waals surface area contributed by atoms with Gasteiger partial charge in [0, 0.05) is 11.4 Å². The van der Waals surface area contributed by atoms with E-state index < -0.39 is 0 Å². The first-order chi connectivity index (χ1) is 12.8. The first kappa shape index (κ1) is 17.7.